The molecule has 0 saturated heterocycles. The third kappa shape index (κ3) is 3.51. The molecule has 16 heavy (non-hydrogen) atoms. The summed E-state index contributed by atoms with van der Waals surface area (Å²) in [5, 5.41) is 3.38. The minimum absolute atomic E-state index is 0.944. The molecule has 0 atom stereocenters. The smallest absolute Gasteiger partial charge is 0.105 e. The van der Waals surface area contributed by atoms with Crippen molar-refractivity contribution in [3.05, 3.63) is 54.2 Å². The molecule has 2 aromatic rings. The number of pyridine rings is 1. The molecule has 84 valence electrons. The van der Waals surface area contributed by atoms with Crippen LogP contribution in [0, 0.1) is 0 Å². The SMILES string of the molecule is c1cncc(CCNCCc2ccco2)c1. The Labute approximate surface area is 95.5 Å². The summed E-state index contributed by atoms with van der Waals surface area (Å²) in [6.07, 6.45) is 7.39. The normalized spacial score (nSPS) is 10.5. The van der Waals surface area contributed by atoms with E-state index in [4.69, 9.17) is 4.42 Å². The van der Waals surface area contributed by atoms with E-state index >= 15 is 0 Å². The highest BCUT2D eigenvalue weighted by atomic mass is 16.3. The van der Waals surface area contributed by atoms with Gasteiger partial charge in [-0.05, 0) is 36.7 Å². The van der Waals surface area contributed by atoms with Gasteiger partial charge in [-0.1, -0.05) is 6.07 Å². The lowest BCUT2D eigenvalue weighted by Crippen LogP contribution is -2.20. The number of nitrogens with zero attached hydrogens (tertiary/aromatic N) is 1. The summed E-state index contributed by atoms with van der Waals surface area (Å²) < 4.78 is 5.25. The number of rotatable bonds is 6. The van der Waals surface area contributed by atoms with Gasteiger partial charge in [-0.25, -0.2) is 0 Å². The van der Waals surface area contributed by atoms with Crippen molar-refractivity contribution in [3.8, 4) is 0 Å². The largest absolute Gasteiger partial charge is 0.469 e. The standard InChI is InChI=1S/C13H16N2O/c1-3-12(11-15-7-1)5-8-14-9-6-13-4-2-10-16-13/h1-4,7,10-11,14H,5-6,8-9H2. The molecule has 0 unspecified atom stereocenters. The zero-order chi connectivity index (χ0) is 11.1. The van der Waals surface area contributed by atoms with Crippen molar-refractivity contribution in [2.75, 3.05) is 13.1 Å². The van der Waals surface area contributed by atoms with Crippen molar-refractivity contribution in [2.45, 2.75) is 12.8 Å². The summed E-state index contributed by atoms with van der Waals surface area (Å²) in [6, 6.07) is 7.99. The molecule has 0 radical (unpaired) electrons. The van der Waals surface area contributed by atoms with Crippen LogP contribution >= 0.6 is 0 Å². The van der Waals surface area contributed by atoms with Gasteiger partial charge in [0.1, 0.15) is 5.76 Å². The van der Waals surface area contributed by atoms with Crippen LogP contribution in [-0.4, -0.2) is 18.1 Å². The van der Waals surface area contributed by atoms with Gasteiger partial charge in [0.2, 0.25) is 0 Å². The van der Waals surface area contributed by atoms with E-state index in [0.717, 1.165) is 31.7 Å². The number of furan rings is 1. The topological polar surface area (TPSA) is 38.1 Å². The quantitative estimate of drug-likeness (QED) is 0.751. The lowest BCUT2D eigenvalue weighted by Gasteiger charge is -2.03. The van der Waals surface area contributed by atoms with E-state index < -0.39 is 0 Å². The Morgan fingerprint density at radius 2 is 2.06 bits per heavy atom. The van der Waals surface area contributed by atoms with E-state index in [1.807, 2.05) is 24.4 Å². The van der Waals surface area contributed by atoms with E-state index in [1.54, 1.807) is 12.5 Å². The molecule has 2 aromatic heterocycles. The van der Waals surface area contributed by atoms with Crippen molar-refractivity contribution in [2.24, 2.45) is 0 Å². The van der Waals surface area contributed by atoms with Crippen LogP contribution in [0.5, 0.6) is 0 Å². The van der Waals surface area contributed by atoms with Gasteiger partial charge in [0.25, 0.3) is 0 Å². The summed E-state index contributed by atoms with van der Waals surface area (Å²) in [7, 11) is 0. The summed E-state index contributed by atoms with van der Waals surface area (Å²) in [6.45, 7) is 1.93. The van der Waals surface area contributed by atoms with E-state index in [1.165, 1.54) is 5.56 Å². The first kappa shape index (κ1) is 10.9. The maximum Gasteiger partial charge on any atom is 0.105 e. The van der Waals surface area contributed by atoms with Crippen molar-refractivity contribution in [1.29, 1.82) is 0 Å². The van der Waals surface area contributed by atoms with Crippen LogP contribution in [0.1, 0.15) is 11.3 Å². The maximum atomic E-state index is 5.25. The summed E-state index contributed by atoms with van der Waals surface area (Å²) in [5.74, 6) is 1.04. The first-order valence-corrected chi connectivity index (χ1v) is 5.57. The Hall–Kier alpha value is -1.61. The first-order valence-electron chi connectivity index (χ1n) is 5.57. The molecule has 0 aliphatic rings. The zero-order valence-electron chi connectivity index (χ0n) is 9.23. The van der Waals surface area contributed by atoms with Crippen LogP contribution in [0.4, 0.5) is 0 Å². The van der Waals surface area contributed by atoms with Crippen LogP contribution < -0.4 is 5.32 Å². The zero-order valence-corrected chi connectivity index (χ0v) is 9.23. The molecule has 0 amide bonds. The molecule has 3 heteroatoms. The highest BCUT2D eigenvalue weighted by molar-refractivity contribution is 5.08. The van der Waals surface area contributed by atoms with Gasteiger partial charge in [-0.2, -0.15) is 0 Å². The third-order valence-corrected chi connectivity index (χ3v) is 2.44. The molecule has 0 aliphatic carbocycles. The van der Waals surface area contributed by atoms with Crippen LogP contribution in [-0.2, 0) is 12.8 Å². The molecule has 2 heterocycles. The van der Waals surface area contributed by atoms with Gasteiger partial charge in [0.15, 0.2) is 0 Å². The molecule has 0 aliphatic heterocycles. The predicted molar refractivity (Wildman–Crippen MR) is 63.2 cm³/mol. The molecule has 0 fully saturated rings. The van der Waals surface area contributed by atoms with Gasteiger partial charge in [0.05, 0.1) is 6.26 Å². The molecule has 0 spiro atoms. The third-order valence-electron chi connectivity index (χ3n) is 2.44. The van der Waals surface area contributed by atoms with Crippen LogP contribution in [0.2, 0.25) is 0 Å². The van der Waals surface area contributed by atoms with Crippen molar-refractivity contribution < 1.29 is 4.42 Å². The van der Waals surface area contributed by atoms with Crippen LogP contribution in [0.25, 0.3) is 0 Å². The molecule has 0 bridgehead atoms. The Kier molecular flexibility index (Phi) is 4.14. The molecular weight excluding hydrogens is 200 g/mol. The van der Waals surface area contributed by atoms with E-state index in [2.05, 4.69) is 16.4 Å². The number of aromatic nitrogens is 1. The van der Waals surface area contributed by atoms with Gasteiger partial charge in [0, 0.05) is 25.4 Å². The maximum absolute atomic E-state index is 5.25. The Balaban J connectivity index is 1.59. The van der Waals surface area contributed by atoms with Crippen molar-refractivity contribution >= 4 is 0 Å². The number of hydrogen-bond acceptors (Lipinski definition) is 3. The molecule has 3 nitrogen and oxygen atoms in total. The average Bonchev–Trinajstić information content (AvgIpc) is 2.83. The lowest BCUT2D eigenvalue weighted by molar-refractivity contribution is 0.499. The fraction of sp³-hybridized carbons (Fsp3) is 0.308. The Morgan fingerprint density at radius 1 is 1.12 bits per heavy atom. The van der Waals surface area contributed by atoms with E-state index in [-0.39, 0.29) is 0 Å². The van der Waals surface area contributed by atoms with Crippen molar-refractivity contribution in [1.82, 2.24) is 10.3 Å². The average molecular weight is 216 g/mol. The molecular formula is C13H16N2O. The number of nitrogens with one attached hydrogen (secondary N) is 1. The molecule has 2 rings (SSSR count). The minimum atomic E-state index is 0.944. The highest BCUT2D eigenvalue weighted by Crippen LogP contribution is 1.99. The first-order chi connectivity index (χ1) is 7.95. The molecule has 1 N–H and O–H groups in total. The highest BCUT2D eigenvalue weighted by Gasteiger charge is 1.95. The van der Waals surface area contributed by atoms with E-state index in [0.29, 0.717) is 0 Å². The Morgan fingerprint density at radius 3 is 2.81 bits per heavy atom. The summed E-state index contributed by atoms with van der Waals surface area (Å²) >= 11 is 0. The van der Waals surface area contributed by atoms with Gasteiger partial charge < -0.3 is 9.73 Å². The summed E-state index contributed by atoms with van der Waals surface area (Å²) in [4.78, 5) is 4.08. The van der Waals surface area contributed by atoms with Gasteiger partial charge in [-0.3, -0.25) is 4.98 Å². The van der Waals surface area contributed by atoms with Gasteiger partial charge in [-0.15, -0.1) is 0 Å². The van der Waals surface area contributed by atoms with Crippen LogP contribution in [0.3, 0.4) is 0 Å². The molecule has 0 aromatic carbocycles. The lowest BCUT2D eigenvalue weighted by atomic mass is 10.2. The minimum Gasteiger partial charge on any atom is -0.469 e. The molecule has 0 saturated carbocycles. The fourth-order valence-corrected chi connectivity index (χ4v) is 1.57. The van der Waals surface area contributed by atoms with Gasteiger partial charge >= 0.3 is 0 Å². The van der Waals surface area contributed by atoms with E-state index in [9.17, 15) is 0 Å². The second-order valence-electron chi connectivity index (χ2n) is 3.69. The van der Waals surface area contributed by atoms with Crippen molar-refractivity contribution in [3.63, 3.8) is 0 Å². The second-order valence-corrected chi connectivity index (χ2v) is 3.69. The number of hydrogen-bond donors (Lipinski definition) is 1. The second kappa shape index (κ2) is 6.08. The van der Waals surface area contributed by atoms with Crippen LogP contribution in [0.15, 0.2) is 47.3 Å². The monoisotopic (exact) mass is 216 g/mol. The summed E-state index contributed by atoms with van der Waals surface area (Å²) in [5.41, 5.74) is 1.27. The fourth-order valence-electron chi connectivity index (χ4n) is 1.57. The predicted octanol–water partition coefficient (Wildman–Crippen LogP) is 2.05. The Bertz CT molecular complexity index is 384.